The van der Waals surface area contributed by atoms with Gasteiger partial charge in [0.2, 0.25) is 5.91 Å². The highest BCUT2D eigenvalue weighted by Gasteiger charge is 2.35. The first-order valence-corrected chi connectivity index (χ1v) is 8.88. The van der Waals surface area contributed by atoms with E-state index in [1.807, 2.05) is 0 Å². The molecule has 0 aliphatic carbocycles. The molecule has 0 bridgehead atoms. The fourth-order valence-electron chi connectivity index (χ4n) is 2.66. The number of esters is 1. The van der Waals surface area contributed by atoms with Crippen LogP contribution in [-0.4, -0.2) is 46.3 Å². The molecule has 0 radical (unpaired) electrons. The Morgan fingerprint density at radius 3 is 2.71 bits per heavy atom. The van der Waals surface area contributed by atoms with Crippen molar-refractivity contribution in [1.29, 1.82) is 0 Å². The minimum atomic E-state index is -4.67. The molecule has 2 rings (SSSR count). The molecule has 0 N–H and O–H groups in total. The zero-order chi connectivity index (χ0) is 17.9. The van der Waals surface area contributed by atoms with Crippen LogP contribution in [0, 0.1) is 5.92 Å². The van der Waals surface area contributed by atoms with E-state index in [0.29, 0.717) is 5.75 Å². The number of methoxy groups -OCH3 is 1. The molecule has 1 saturated heterocycles. The van der Waals surface area contributed by atoms with E-state index >= 15 is 0 Å². The fourth-order valence-corrected chi connectivity index (χ4v) is 3.44. The minimum absolute atomic E-state index is 0.0146. The summed E-state index contributed by atoms with van der Waals surface area (Å²) in [7, 11) is -3.24. The summed E-state index contributed by atoms with van der Waals surface area (Å²) in [4.78, 5) is 25.6. The molecule has 1 aliphatic rings. The summed E-state index contributed by atoms with van der Waals surface area (Å²) >= 11 is 0. The van der Waals surface area contributed by atoms with Crippen molar-refractivity contribution in [2.24, 2.45) is 5.92 Å². The van der Waals surface area contributed by atoms with Crippen molar-refractivity contribution >= 4 is 27.8 Å². The lowest BCUT2D eigenvalue weighted by molar-refractivity contribution is -0.117. The number of rotatable bonds is 6. The number of halogens is 1. The van der Waals surface area contributed by atoms with Gasteiger partial charge in [0.05, 0.1) is 30.7 Å². The highest BCUT2D eigenvalue weighted by Crippen LogP contribution is 2.32. The topological polar surface area (TPSA) is 90.0 Å². The molecule has 1 amide bonds. The maximum absolute atomic E-state index is 12.9. The van der Waals surface area contributed by atoms with Crippen LogP contribution in [0.4, 0.5) is 9.57 Å². The van der Waals surface area contributed by atoms with Crippen LogP contribution in [0.15, 0.2) is 18.2 Å². The van der Waals surface area contributed by atoms with Gasteiger partial charge in [-0.15, -0.1) is 3.89 Å². The van der Waals surface area contributed by atoms with Crippen LogP contribution in [0.2, 0.25) is 0 Å². The maximum atomic E-state index is 12.9. The largest absolute Gasteiger partial charge is 0.497 e. The van der Waals surface area contributed by atoms with Crippen LogP contribution in [0.3, 0.4) is 0 Å². The molecule has 1 aliphatic heterocycles. The molecule has 24 heavy (non-hydrogen) atoms. The summed E-state index contributed by atoms with van der Waals surface area (Å²) in [5, 5.41) is 0. The normalized spacial score (nSPS) is 17.9. The summed E-state index contributed by atoms with van der Waals surface area (Å²) in [5.74, 6) is -1.97. The van der Waals surface area contributed by atoms with Gasteiger partial charge in [-0.2, -0.15) is 8.42 Å². The number of benzene rings is 1. The third kappa shape index (κ3) is 4.22. The van der Waals surface area contributed by atoms with Gasteiger partial charge in [0.15, 0.2) is 0 Å². The zero-order valence-electron chi connectivity index (χ0n) is 13.3. The van der Waals surface area contributed by atoms with Gasteiger partial charge >= 0.3 is 16.2 Å². The number of nitrogens with zero attached hydrogens (tertiary/aromatic N) is 1. The molecule has 132 valence electrons. The van der Waals surface area contributed by atoms with E-state index in [-0.39, 0.29) is 36.7 Å². The minimum Gasteiger partial charge on any atom is -0.497 e. The Hall–Kier alpha value is -2.16. The van der Waals surface area contributed by atoms with Crippen molar-refractivity contribution in [3.05, 3.63) is 23.8 Å². The van der Waals surface area contributed by atoms with E-state index < -0.39 is 27.9 Å². The molecule has 1 atom stereocenters. The SMILES string of the molecule is CCOC(=O)c1cc(OC)ccc1N1CC(CS(=O)(=O)F)CC1=O. The molecule has 0 saturated carbocycles. The van der Waals surface area contributed by atoms with E-state index in [4.69, 9.17) is 9.47 Å². The molecule has 9 heteroatoms. The number of anilines is 1. The quantitative estimate of drug-likeness (QED) is 0.565. The summed E-state index contributed by atoms with van der Waals surface area (Å²) < 4.78 is 44.5. The van der Waals surface area contributed by atoms with Crippen LogP contribution in [0.5, 0.6) is 5.75 Å². The van der Waals surface area contributed by atoms with Gasteiger partial charge < -0.3 is 14.4 Å². The van der Waals surface area contributed by atoms with Crippen molar-refractivity contribution in [3.63, 3.8) is 0 Å². The Morgan fingerprint density at radius 2 is 2.12 bits per heavy atom. The first-order chi connectivity index (χ1) is 11.2. The van der Waals surface area contributed by atoms with Crippen LogP contribution in [0.25, 0.3) is 0 Å². The van der Waals surface area contributed by atoms with E-state index in [1.54, 1.807) is 13.0 Å². The molecule has 1 aromatic rings. The number of hydrogen-bond acceptors (Lipinski definition) is 6. The lowest BCUT2D eigenvalue weighted by atomic mass is 10.1. The Bertz CT molecular complexity index is 748. The molecule has 1 unspecified atom stereocenters. The molecular formula is C15H18FNO6S. The average molecular weight is 359 g/mol. The predicted octanol–water partition coefficient (Wildman–Crippen LogP) is 1.52. The van der Waals surface area contributed by atoms with Crippen molar-refractivity contribution in [3.8, 4) is 5.75 Å². The highest BCUT2D eigenvalue weighted by molar-refractivity contribution is 7.86. The number of hydrogen-bond donors (Lipinski definition) is 0. The first kappa shape index (κ1) is 18.2. The first-order valence-electron chi connectivity index (χ1n) is 7.33. The highest BCUT2D eigenvalue weighted by atomic mass is 32.3. The Kier molecular flexibility index (Phi) is 5.43. The smallest absolute Gasteiger partial charge is 0.340 e. The number of carbonyl (C=O) groups excluding carboxylic acids is 2. The van der Waals surface area contributed by atoms with E-state index in [1.165, 1.54) is 24.1 Å². The second-order valence-corrected chi connectivity index (χ2v) is 6.79. The summed E-state index contributed by atoms with van der Waals surface area (Å²) in [6, 6.07) is 4.54. The monoisotopic (exact) mass is 359 g/mol. The van der Waals surface area contributed by atoms with Crippen LogP contribution in [-0.2, 0) is 19.8 Å². The summed E-state index contributed by atoms with van der Waals surface area (Å²) in [5.41, 5.74) is 0.423. The molecule has 1 heterocycles. The Labute approximate surface area is 139 Å². The lowest BCUT2D eigenvalue weighted by Crippen LogP contribution is -2.27. The third-order valence-corrected chi connectivity index (χ3v) is 4.50. The molecule has 0 spiro atoms. The standard InChI is InChI=1S/C15H18FNO6S/c1-3-23-15(19)12-7-11(22-2)4-5-13(12)17-8-10(6-14(17)18)9-24(16,20)21/h4-5,7,10H,3,6,8-9H2,1-2H3. The van der Waals surface area contributed by atoms with Gasteiger partial charge in [-0.25, -0.2) is 4.79 Å². The van der Waals surface area contributed by atoms with Gasteiger partial charge in [-0.3, -0.25) is 4.79 Å². The van der Waals surface area contributed by atoms with Crippen LogP contribution >= 0.6 is 0 Å². The second kappa shape index (κ2) is 7.16. The Morgan fingerprint density at radius 1 is 1.42 bits per heavy atom. The van der Waals surface area contributed by atoms with E-state index in [2.05, 4.69) is 0 Å². The summed E-state index contributed by atoms with van der Waals surface area (Å²) in [6.45, 7) is 1.83. The van der Waals surface area contributed by atoms with Crippen molar-refractivity contribution < 1.29 is 31.4 Å². The third-order valence-electron chi connectivity index (χ3n) is 3.63. The maximum Gasteiger partial charge on any atom is 0.340 e. The van der Waals surface area contributed by atoms with Crippen molar-refractivity contribution in [2.45, 2.75) is 13.3 Å². The van der Waals surface area contributed by atoms with Gasteiger partial charge in [0.1, 0.15) is 5.75 Å². The number of carbonyl (C=O) groups is 2. The molecule has 0 aromatic heterocycles. The summed E-state index contributed by atoms with van der Waals surface area (Å²) in [6.07, 6.45) is -0.0998. The van der Waals surface area contributed by atoms with Gasteiger partial charge in [0.25, 0.3) is 0 Å². The van der Waals surface area contributed by atoms with E-state index in [0.717, 1.165) is 0 Å². The number of amides is 1. The Balaban J connectivity index is 2.34. The second-order valence-electron chi connectivity index (χ2n) is 5.38. The molecule has 1 aromatic carbocycles. The van der Waals surface area contributed by atoms with E-state index in [9.17, 15) is 21.9 Å². The number of ether oxygens (including phenoxy) is 2. The fraction of sp³-hybridized carbons (Fsp3) is 0.467. The van der Waals surface area contributed by atoms with Crippen molar-refractivity contribution in [1.82, 2.24) is 0 Å². The van der Waals surface area contributed by atoms with Gasteiger partial charge in [-0.05, 0) is 25.1 Å². The van der Waals surface area contributed by atoms with Crippen molar-refractivity contribution in [2.75, 3.05) is 30.9 Å². The van der Waals surface area contributed by atoms with Crippen LogP contribution in [0.1, 0.15) is 23.7 Å². The average Bonchev–Trinajstić information content (AvgIpc) is 2.85. The van der Waals surface area contributed by atoms with Gasteiger partial charge in [-0.1, -0.05) is 0 Å². The lowest BCUT2D eigenvalue weighted by Gasteiger charge is -2.20. The predicted molar refractivity (Wildman–Crippen MR) is 84.3 cm³/mol. The molecular weight excluding hydrogens is 341 g/mol. The van der Waals surface area contributed by atoms with Gasteiger partial charge in [0, 0.05) is 18.9 Å². The molecule has 1 fully saturated rings. The zero-order valence-corrected chi connectivity index (χ0v) is 14.1. The molecule has 7 nitrogen and oxygen atoms in total. The van der Waals surface area contributed by atoms with Crippen LogP contribution < -0.4 is 9.64 Å².